The predicted molar refractivity (Wildman–Crippen MR) is 165 cm³/mol. The second kappa shape index (κ2) is 14.0. The van der Waals surface area contributed by atoms with E-state index in [1.54, 1.807) is 37.3 Å². The van der Waals surface area contributed by atoms with E-state index in [4.69, 9.17) is 4.74 Å². The molecule has 10 heteroatoms. The SMILES string of the molecule is CC[C@@H](C)NC(=O)[C@@H](C)N(Cc1ccccc1C)C(=O)CN(c1ccc(C)cc1)S(=O)(=O)c1ccc(OC)c(Br)c1. The van der Waals surface area contributed by atoms with Gasteiger partial charge in [-0.25, -0.2) is 8.42 Å². The second-order valence-electron chi connectivity index (χ2n) is 10.1. The minimum Gasteiger partial charge on any atom is -0.496 e. The number of anilines is 1. The van der Waals surface area contributed by atoms with Crippen molar-refractivity contribution >= 4 is 43.5 Å². The van der Waals surface area contributed by atoms with E-state index in [2.05, 4.69) is 21.2 Å². The van der Waals surface area contributed by atoms with Crippen molar-refractivity contribution in [3.8, 4) is 5.75 Å². The molecule has 0 aliphatic carbocycles. The molecule has 0 spiro atoms. The Kier molecular flexibility index (Phi) is 11.0. The van der Waals surface area contributed by atoms with Gasteiger partial charge in [0.25, 0.3) is 10.0 Å². The third kappa shape index (κ3) is 7.89. The molecule has 0 saturated heterocycles. The summed E-state index contributed by atoms with van der Waals surface area (Å²) >= 11 is 3.37. The first-order valence-corrected chi connectivity index (χ1v) is 15.7. The number of benzene rings is 3. The number of nitrogens with one attached hydrogen (secondary N) is 1. The predicted octanol–water partition coefficient (Wildman–Crippen LogP) is 5.60. The molecule has 41 heavy (non-hydrogen) atoms. The number of sulfonamides is 1. The van der Waals surface area contributed by atoms with Crippen LogP contribution in [0, 0.1) is 13.8 Å². The zero-order chi connectivity index (χ0) is 30.3. The number of rotatable bonds is 12. The Hall–Kier alpha value is -3.37. The van der Waals surface area contributed by atoms with Gasteiger partial charge in [-0.3, -0.25) is 13.9 Å². The Morgan fingerprint density at radius 3 is 2.24 bits per heavy atom. The number of hydrogen-bond acceptors (Lipinski definition) is 5. The van der Waals surface area contributed by atoms with Crippen LogP contribution in [0.3, 0.4) is 0 Å². The first-order chi connectivity index (χ1) is 19.4. The van der Waals surface area contributed by atoms with Crippen LogP contribution in [-0.2, 0) is 26.2 Å². The molecule has 1 N–H and O–H groups in total. The number of methoxy groups -OCH3 is 1. The van der Waals surface area contributed by atoms with Crippen LogP contribution in [0.15, 0.2) is 76.1 Å². The first kappa shape index (κ1) is 32.1. The van der Waals surface area contributed by atoms with E-state index < -0.39 is 28.5 Å². The molecule has 0 unspecified atom stereocenters. The summed E-state index contributed by atoms with van der Waals surface area (Å²) in [4.78, 5) is 28.7. The van der Waals surface area contributed by atoms with Crippen molar-refractivity contribution in [2.24, 2.45) is 0 Å². The topological polar surface area (TPSA) is 96.0 Å². The van der Waals surface area contributed by atoms with Gasteiger partial charge in [0.1, 0.15) is 18.3 Å². The van der Waals surface area contributed by atoms with Gasteiger partial charge in [-0.05, 0) is 91.5 Å². The highest BCUT2D eigenvalue weighted by molar-refractivity contribution is 9.10. The number of hydrogen-bond donors (Lipinski definition) is 1. The molecule has 0 aliphatic heterocycles. The van der Waals surface area contributed by atoms with E-state index in [9.17, 15) is 18.0 Å². The molecule has 2 atom stereocenters. The van der Waals surface area contributed by atoms with Gasteiger partial charge in [-0.2, -0.15) is 0 Å². The fourth-order valence-corrected chi connectivity index (χ4v) is 6.33. The van der Waals surface area contributed by atoms with Gasteiger partial charge in [0.2, 0.25) is 11.8 Å². The molecule has 8 nitrogen and oxygen atoms in total. The van der Waals surface area contributed by atoms with Crippen molar-refractivity contribution in [2.75, 3.05) is 18.0 Å². The summed E-state index contributed by atoms with van der Waals surface area (Å²) in [5, 5.41) is 2.95. The Labute approximate surface area is 251 Å². The van der Waals surface area contributed by atoms with Crippen molar-refractivity contribution in [3.05, 3.63) is 87.9 Å². The number of nitrogens with zero attached hydrogens (tertiary/aromatic N) is 2. The number of ether oxygens (including phenoxy) is 1. The van der Waals surface area contributed by atoms with E-state index in [1.807, 2.05) is 52.0 Å². The van der Waals surface area contributed by atoms with Gasteiger partial charge in [0, 0.05) is 12.6 Å². The van der Waals surface area contributed by atoms with Gasteiger partial charge < -0.3 is 15.0 Å². The van der Waals surface area contributed by atoms with Crippen molar-refractivity contribution in [2.45, 2.75) is 64.6 Å². The van der Waals surface area contributed by atoms with Crippen molar-refractivity contribution in [3.63, 3.8) is 0 Å². The van der Waals surface area contributed by atoms with Crippen LogP contribution in [0.1, 0.15) is 43.9 Å². The summed E-state index contributed by atoms with van der Waals surface area (Å²) in [6.45, 7) is 9.02. The van der Waals surface area contributed by atoms with Crippen molar-refractivity contribution in [1.82, 2.24) is 10.2 Å². The minimum absolute atomic E-state index is 0.00781. The normalized spacial score (nSPS) is 12.8. The average molecular weight is 645 g/mol. The molecular weight excluding hydrogens is 606 g/mol. The Bertz CT molecular complexity index is 1480. The average Bonchev–Trinajstić information content (AvgIpc) is 2.95. The van der Waals surface area contributed by atoms with Gasteiger partial charge in [0.15, 0.2) is 0 Å². The lowest BCUT2D eigenvalue weighted by atomic mass is 10.1. The standard InChI is InChI=1S/C31H38BrN3O5S/c1-7-23(4)33-31(37)24(5)34(19-25-11-9-8-10-22(25)3)30(36)20-35(26-14-12-21(2)13-15-26)41(38,39)27-16-17-29(40-6)28(32)18-27/h8-18,23-24H,7,19-20H2,1-6H3,(H,33,37)/t23-,24-/m1/s1. The van der Waals surface area contributed by atoms with E-state index in [-0.39, 0.29) is 23.4 Å². The highest BCUT2D eigenvalue weighted by Gasteiger charge is 2.33. The summed E-state index contributed by atoms with van der Waals surface area (Å²) in [5.74, 6) is -0.325. The molecule has 3 rings (SSSR count). The van der Waals surface area contributed by atoms with Crippen LogP contribution in [0.5, 0.6) is 5.75 Å². The van der Waals surface area contributed by atoms with Crippen molar-refractivity contribution in [1.29, 1.82) is 0 Å². The first-order valence-electron chi connectivity index (χ1n) is 13.5. The van der Waals surface area contributed by atoms with Crippen molar-refractivity contribution < 1.29 is 22.7 Å². The van der Waals surface area contributed by atoms with Crippen LogP contribution in [0.4, 0.5) is 5.69 Å². The van der Waals surface area contributed by atoms with Gasteiger partial charge in [-0.15, -0.1) is 0 Å². The number of amides is 2. The molecule has 0 aliphatic rings. The van der Waals surface area contributed by atoms with E-state index in [1.165, 1.54) is 24.1 Å². The Balaban J connectivity index is 2.06. The zero-order valence-electron chi connectivity index (χ0n) is 24.3. The van der Waals surface area contributed by atoms with Gasteiger partial charge >= 0.3 is 0 Å². The fourth-order valence-electron chi connectivity index (χ4n) is 4.19. The Morgan fingerprint density at radius 1 is 1.00 bits per heavy atom. The summed E-state index contributed by atoms with van der Waals surface area (Å²) < 4.78 is 34.9. The summed E-state index contributed by atoms with van der Waals surface area (Å²) in [6, 6.07) is 18.1. The third-order valence-electron chi connectivity index (χ3n) is 7.08. The van der Waals surface area contributed by atoms with Crippen LogP contribution in [0.2, 0.25) is 0 Å². The van der Waals surface area contributed by atoms with Gasteiger partial charge in [-0.1, -0.05) is 48.9 Å². The lowest BCUT2D eigenvalue weighted by molar-refractivity contribution is -0.139. The molecule has 3 aromatic rings. The van der Waals surface area contributed by atoms with E-state index in [0.717, 1.165) is 27.4 Å². The van der Waals surface area contributed by atoms with Crippen LogP contribution >= 0.6 is 15.9 Å². The molecule has 0 fully saturated rings. The minimum atomic E-state index is -4.19. The number of carbonyl (C=O) groups excluding carboxylic acids is 2. The molecule has 0 radical (unpaired) electrons. The number of aryl methyl sites for hydroxylation is 2. The lowest BCUT2D eigenvalue weighted by Gasteiger charge is -2.33. The molecule has 0 aromatic heterocycles. The fraction of sp³-hybridized carbons (Fsp3) is 0.355. The van der Waals surface area contributed by atoms with Crippen LogP contribution in [0.25, 0.3) is 0 Å². The molecule has 0 bridgehead atoms. The molecule has 220 valence electrons. The summed E-state index contributed by atoms with van der Waals surface area (Å²) in [5.41, 5.74) is 3.11. The maximum Gasteiger partial charge on any atom is 0.264 e. The molecule has 3 aromatic carbocycles. The number of carbonyl (C=O) groups is 2. The van der Waals surface area contributed by atoms with Gasteiger partial charge in [0.05, 0.1) is 22.2 Å². The number of halogens is 1. The largest absolute Gasteiger partial charge is 0.496 e. The smallest absolute Gasteiger partial charge is 0.264 e. The zero-order valence-corrected chi connectivity index (χ0v) is 26.8. The van der Waals surface area contributed by atoms with Crippen LogP contribution < -0.4 is 14.4 Å². The molecule has 2 amide bonds. The molecular formula is C31H38BrN3O5S. The van der Waals surface area contributed by atoms with E-state index in [0.29, 0.717) is 15.9 Å². The quantitative estimate of drug-likeness (QED) is 0.277. The molecule has 0 saturated carbocycles. The highest BCUT2D eigenvalue weighted by Crippen LogP contribution is 2.31. The van der Waals surface area contributed by atoms with E-state index >= 15 is 0 Å². The monoisotopic (exact) mass is 643 g/mol. The third-order valence-corrected chi connectivity index (χ3v) is 9.47. The maximum absolute atomic E-state index is 14.1. The highest BCUT2D eigenvalue weighted by atomic mass is 79.9. The maximum atomic E-state index is 14.1. The summed E-state index contributed by atoms with van der Waals surface area (Å²) in [7, 11) is -2.70. The van der Waals surface area contributed by atoms with Crippen LogP contribution in [-0.4, -0.2) is 50.9 Å². The lowest BCUT2D eigenvalue weighted by Crippen LogP contribution is -2.52. The Morgan fingerprint density at radius 2 is 1.66 bits per heavy atom. The summed E-state index contributed by atoms with van der Waals surface area (Å²) in [6.07, 6.45) is 0.737. The molecule has 0 heterocycles. The second-order valence-corrected chi connectivity index (χ2v) is 12.8.